The fourth-order valence-corrected chi connectivity index (χ4v) is 2.54. The summed E-state index contributed by atoms with van der Waals surface area (Å²) < 4.78 is 5.14. The van der Waals surface area contributed by atoms with Gasteiger partial charge in [-0.3, -0.25) is 10.1 Å². The van der Waals surface area contributed by atoms with Gasteiger partial charge < -0.3 is 4.74 Å². The van der Waals surface area contributed by atoms with Crippen molar-refractivity contribution in [3.63, 3.8) is 0 Å². The summed E-state index contributed by atoms with van der Waals surface area (Å²) in [6.45, 7) is 4.21. The molecule has 1 saturated heterocycles. The fraction of sp³-hybridized carbons (Fsp3) is 0.800. The highest BCUT2D eigenvalue weighted by Gasteiger charge is 2.53. The van der Waals surface area contributed by atoms with Gasteiger partial charge in [-0.2, -0.15) is 0 Å². The molecule has 2 fully saturated rings. The Morgan fingerprint density at radius 1 is 1.29 bits per heavy atom. The van der Waals surface area contributed by atoms with Crippen molar-refractivity contribution < 1.29 is 14.3 Å². The molecule has 4 nitrogen and oxygen atoms in total. The van der Waals surface area contributed by atoms with E-state index in [2.05, 4.69) is 19.2 Å². The quantitative estimate of drug-likeness (QED) is 0.641. The minimum absolute atomic E-state index is 0.0835. The Balaban J connectivity index is 2.24. The molecule has 1 aliphatic heterocycles. The number of hydrogen-bond donors (Lipinski definition) is 1. The highest BCUT2D eigenvalue weighted by molar-refractivity contribution is 6.02. The van der Waals surface area contributed by atoms with E-state index >= 15 is 0 Å². The van der Waals surface area contributed by atoms with Gasteiger partial charge in [-0.05, 0) is 24.7 Å². The van der Waals surface area contributed by atoms with Crippen molar-refractivity contribution >= 4 is 12.0 Å². The minimum Gasteiger partial charge on any atom is -0.432 e. The van der Waals surface area contributed by atoms with Gasteiger partial charge in [0.25, 0.3) is 5.91 Å². The maximum Gasteiger partial charge on any atom is 0.415 e. The molecule has 0 aromatic carbocycles. The fourth-order valence-electron chi connectivity index (χ4n) is 2.54. The van der Waals surface area contributed by atoms with E-state index in [-0.39, 0.29) is 11.3 Å². The summed E-state index contributed by atoms with van der Waals surface area (Å²) in [7, 11) is 0. The number of carbonyl (C=O) groups is 2. The van der Waals surface area contributed by atoms with Crippen LogP contribution in [0, 0.1) is 5.41 Å². The molecular weight excluding hydrogens is 182 g/mol. The number of alkyl carbamates (subject to hydrolysis) is 1. The van der Waals surface area contributed by atoms with E-state index in [9.17, 15) is 9.59 Å². The van der Waals surface area contributed by atoms with Crippen molar-refractivity contribution in [2.24, 2.45) is 5.41 Å². The van der Waals surface area contributed by atoms with Gasteiger partial charge in [0.05, 0.1) is 0 Å². The molecule has 0 bridgehead atoms. The van der Waals surface area contributed by atoms with Crippen molar-refractivity contribution in [2.45, 2.75) is 45.1 Å². The van der Waals surface area contributed by atoms with Crippen LogP contribution in [-0.2, 0) is 9.53 Å². The number of ether oxygens (including phenoxy) is 1. The average Bonchev–Trinajstić information content (AvgIpc) is 2.24. The third kappa shape index (κ3) is 1.38. The second kappa shape index (κ2) is 2.72. The molecule has 78 valence electrons. The highest BCUT2D eigenvalue weighted by atomic mass is 16.6. The minimum atomic E-state index is -0.862. The Kier molecular flexibility index (Phi) is 1.84. The van der Waals surface area contributed by atoms with Crippen molar-refractivity contribution in [3.05, 3.63) is 0 Å². The molecule has 4 heteroatoms. The molecule has 1 heterocycles. The van der Waals surface area contributed by atoms with E-state index < -0.39 is 11.7 Å². The lowest BCUT2D eigenvalue weighted by Crippen LogP contribution is -2.45. The maximum atomic E-state index is 11.6. The van der Waals surface area contributed by atoms with Crippen molar-refractivity contribution in [1.29, 1.82) is 0 Å². The molecule has 0 radical (unpaired) electrons. The number of carbonyl (C=O) groups excluding carboxylic acids is 2. The summed E-state index contributed by atoms with van der Waals surface area (Å²) in [4.78, 5) is 22.6. The zero-order valence-corrected chi connectivity index (χ0v) is 8.55. The normalized spacial score (nSPS) is 35.6. The third-order valence-electron chi connectivity index (χ3n) is 3.12. The topological polar surface area (TPSA) is 55.4 Å². The summed E-state index contributed by atoms with van der Waals surface area (Å²) in [5.41, 5.74) is -0.779. The summed E-state index contributed by atoms with van der Waals surface area (Å²) in [6, 6.07) is 0. The van der Waals surface area contributed by atoms with Gasteiger partial charge in [0.1, 0.15) is 0 Å². The Labute approximate surface area is 83.0 Å². The van der Waals surface area contributed by atoms with Crippen LogP contribution >= 0.6 is 0 Å². The van der Waals surface area contributed by atoms with Gasteiger partial charge in [0, 0.05) is 6.42 Å². The SMILES string of the molecule is CC1(C)CCCC2(C1)OC(=O)NC2=O. The van der Waals surface area contributed by atoms with Gasteiger partial charge in [-0.15, -0.1) is 0 Å². The van der Waals surface area contributed by atoms with E-state index in [1.54, 1.807) is 0 Å². The standard InChI is InChI=1S/C10H15NO3/c1-9(2)4-3-5-10(6-9)7(12)11-8(13)14-10/h3-6H2,1-2H3,(H,11,12,13). The van der Waals surface area contributed by atoms with Gasteiger partial charge in [0.15, 0.2) is 5.60 Å². The molecule has 1 N–H and O–H groups in total. The zero-order valence-electron chi connectivity index (χ0n) is 8.55. The smallest absolute Gasteiger partial charge is 0.415 e. The van der Waals surface area contributed by atoms with Gasteiger partial charge >= 0.3 is 6.09 Å². The predicted octanol–water partition coefficient (Wildman–Crippen LogP) is 1.59. The van der Waals surface area contributed by atoms with Gasteiger partial charge in [-0.25, -0.2) is 4.79 Å². The van der Waals surface area contributed by atoms with E-state index in [0.717, 1.165) is 12.8 Å². The van der Waals surface area contributed by atoms with Crippen molar-refractivity contribution in [3.8, 4) is 0 Å². The first-order chi connectivity index (χ1) is 6.44. The molecule has 2 rings (SSSR count). The predicted molar refractivity (Wildman–Crippen MR) is 49.6 cm³/mol. The lowest BCUT2D eigenvalue weighted by Gasteiger charge is -2.39. The van der Waals surface area contributed by atoms with E-state index in [1.807, 2.05) is 0 Å². The second-order valence-electron chi connectivity index (χ2n) is 5.03. The lowest BCUT2D eigenvalue weighted by molar-refractivity contribution is -0.137. The molecule has 0 aromatic rings. The van der Waals surface area contributed by atoms with Crippen LogP contribution in [0.15, 0.2) is 0 Å². The van der Waals surface area contributed by atoms with E-state index in [1.165, 1.54) is 0 Å². The first kappa shape index (κ1) is 9.49. The Hall–Kier alpha value is -1.06. The number of hydrogen-bond acceptors (Lipinski definition) is 3. The molecule has 1 atom stereocenters. The molecule has 1 aliphatic carbocycles. The Morgan fingerprint density at radius 3 is 2.50 bits per heavy atom. The first-order valence-corrected chi connectivity index (χ1v) is 4.98. The molecule has 2 amide bonds. The Bertz CT molecular complexity index is 298. The molecule has 0 aromatic heterocycles. The number of rotatable bonds is 0. The van der Waals surface area contributed by atoms with Gasteiger partial charge in [-0.1, -0.05) is 13.8 Å². The lowest BCUT2D eigenvalue weighted by atomic mass is 9.69. The summed E-state index contributed by atoms with van der Waals surface area (Å²) in [5, 5.41) is 2.22. The molecular formula is C10H15NO3. The Morgan fingerprint density at radius 2 is 2.00 bits per heavy atom. The summed E-state index contributed by atoms with van der Waals surface area (Å²) >= 11 is 0. The zero-order chi connectivity index (χ0) is 10.4. The molecule has 14 heavy (non-hydrogen) atoms. The van der Waals surface area contributed by atoms with Gasteiger partial charge in [0.2, 0.25) is 0 Å². The largest absolute Gasteiger partial charge is 0.432 e. The molecule has 1 spiro atoms. The van der Waals surface area contributed by atoms with Crippen LogP contribution in [0.1, 0.15) is 39.5 Å². The highest BCUT2D eigenvalue weighted by Crippen LogP contribution is 2.44. The summed E-state index contributed by atoms with van der Waals surface area (Å²) in [5.74, 6) is -0.254. The van der Waals surface area contributed by atoms with E-state index in [4.69, 9.17) is 4.74 Å². The first-order valence-electron chi connectivity index (χ1n) is 4.98. The maximum absolute atomic E-state index is 11.6. The summed E-state index contributed by atoms with van der Waals surface area (Å²) in [6.07, 6.45) is 2.73. The van der Waals surface area contributed by atoms with Crippen LogP contribution in [0.25, 0.3) is 0 Å². The van der Waals surface area contributed by atoms with Crippen LogP contribution in [0.2, 0.25) is 0 Å². The monoisotopic (exact) mass is 197 g/mol. The second-order valence-corrected chi connectivity index (χ2v) is 5.03. The molecule has 1 unspecified atom stereocenters. The van der Waals surface area contributed by atoms with Crippen molar-refractivity contribution in [1.82, 2.24) is 5.32 Å². The van der Waals surface area contributed by atoms with Crippen LogP contribution in [-0.4, -0.2) is 17.6 Å². The number of amides is 2. The third-order valence-corrected chi connectivity index (χ3v) is 3.12. The van der Waals surface area contributed by atoms with E-state index in [0.29, 0.717) is 12.8 Å². The molecule has 2 aliphatic rings. The van der Waals surface area contributed by atoms with Crippen molar-refractivity contribution in [2.75, 3.05) is 0 Å². The van der Waals surface area contributed by atoms with Crippen LogP contribution in [0.3, 0.4) is 0 Å². The number of imide groups is 1. The van der Waals surface area contributed by atoms with Crippen LogP contribution in [0.4, 0.5) is 4.79 Å². The molecule has 1 saturated carbocycles. The number of nitrogens with one attached hydrogen (secondary N) is 1. The average molecular weight is 197 g/mol. The van der Waals surface area contributed by atoms with Crippen LogP contribution < -0.4 is 5.32 Å². The van der Waals surface area contributed by atoms with Crippen LogP contribution in [0.5, 0.6) is 0 Å².